The molecule has 2 rings (SSSR count). The number of rotatable bonds is 3. The van der Waals surface area contributed by atoms with Gasteiger partial charge in [0.05, 0.1) is 6.54 Å². The molecular weight excluding hydrogens is 305 g/mol. The number of hydrogen-bond acceptors (Lipinski definition) is 4. The number of nitrogens with zero attached hydrogens (tertiary/aromatic N) is 2. The van der Waals surface area contributed by atoms with Crippen LogP contribution in [0.15, 0.2) is 28.8 Å². The van der Waals surface area contributed by atoms with Crippen molar-refractivity contribution in [2.75, 3.05) is 5.32 Å². The van der Waals surface area contributed by atoms with Crippen molar-refractivity contribution in [3.8, 4) is 0 Å². The Bertz CT molecular complexity index is 455. The number of aryl methyl sites for hydroxylation is 1. The summed E-state index contributed by atoms with van der Waals surface area (Å²) in [5, 5.41) is 7.03. The zero-order valence-corrected chi connectivity index (χ0v) is 10.4. The van der Waals surface area contributed by atoms with Crippen LogP contribution in [0.25, 0.3) is 0 Å². The van der Waals surface area contributed by atoms with Gasteiger partial charge in [-0.2, -0.15) is 4.98 Å². The Morgan fingerprint density at radius 3 is 3.00 bits per heavy atom. The van der Waals surface area contributed by atoms with E-state index in [0.29, 0.717) is 18.3 Å². The lowest BCUT2D eigenvalue weighted by molar-refractivity contribution is 0.388. The molecular formula is C10H10IN3O. The average molecular weight is 315 g/mol. The average Bonchev–Trinajstić information content (AvgIpc) is 2.62. The molecule has 0 radical (unpaired) electrons. The molecule has 2 aromatic rings. The highest BCUT2D eigenvalue weighted by Gasteiger charge is 2.01. The molecule has 1 aromatic heterocycles. The molecule has 78 valence electrons. The van der Waals surface area contributed by atoms with Crippen molar-refractivity contribution >= 4 is 28.3 Å². The fourth-order valence-corrected chi connectivity index (χ4v) is 1.74. The van der Waals surface area contributed by atoms with E-state index in [1.165, 1.54) is 3.57 Å². The van der Waals surface area contributed by atoms with E-state index >= 15 is 0 Å². The van der Waals surface area contributed by atoms with Crippen molar-refractivity contribution < 1.29 is 4.52 Å². The van der Waals surface area contributed by atoms with Crippen molar-refractivity contribution in [2.45, 2.75) is 13.5 Å². The maximum atomic E-state index is 4.87. The zero-order valence-electron chi connectivity index (χ0n) is 8.20. The lowest BCUT2D eigenvalue weighted by Crippen LogP contribution is -2.01. The lowest BCUT2D eigenvalue weighted by Gasteiger charge is -2.02. The van der Waals surface area contributed by atoms with E-state index in [9.17, 15) is 0 Å². The Morgan fingerprint density at radius 1 is 1.47 bits per heavy atom. The normalized spacial score (nSPS) is 10.3. The maximum absolute atomic E-state index is 4.87. The van der Waals surface area contributed by atoms with Gasteiger partial charge < -0.3 is 9.84 Å². The third-order valence-corrected chi connectivity index (χ3v) is 2.52. The van der Waals surface area contributed by atoms with E-state index in [2.05, 4.69) is 44.1 Å². The number of halogens is 1. The number of benzene rings is 1. The first kappa shape index (κ1) is 10.4. The van der Waals surface area contributed by atoms with Crippen molar-refractivity contribution in [1.82, 2.24) is 10.1 Å². The third-order valence-electron chi connectivity index (χ3n) is 1.84. The molecule has 1 heterocycles. The van der Waals surface area contributed by atoms with Crippen molar-refractivity contribution in [3.05, 3.63) is 39.6 Å². The first-order valence-corrected chi connectivity index (χ1v) is 5.60. The maximum Gasteiger partial charge on any atom is 0.223 e. The molecule has 1 N–H and O–H groups in total. The van der Waals surface area contributed by atoms with Gasteiger partial charge in [-0.3, -0.25) is 0 Å². The van der Waals surface area contributed by atoms with Crippen LogP contribution in [0.5, 0.6) is 0 Å². The van der Waals surface area contributed by atoms with Crippen LogP contribution in [0.1, 0.15) is 11.7 Å². The van der Waals surface area contributed by atoms with Gasteiger partial charge in [0.2, 0.25) is 5.89 Å². The highest BCUT2D eigenvalue weighted by Crippen LogP contribution is 2.12. The summed E-state index contributed by atoms with van der Waals surface area (Å²) in [5.41, 5.74) is 1.06. The second kappa shape index (κ2) is 4.61. The van der Waals surface area contributed by atoms with E-state index in [0.717, 1.165) is 5.69 Å². The van der Waals surface area contributed by atoms with Gasteiger partial charge in [-0.1, -0.05) is 11.2 Å². The summed E-state index contributed by atoms with van der Waals surface area (Å²) in [4.78, 5) is 4.11. The fraction of sp³-hybridized carbons (Fsp3) is 0.200. The molecule has 0 saturated carbocycles. The van der Waals surface area contributed by atoms with E-state index < -0.39 is 0 Å². The highest BCUT2D eigenvalue weighted by atomic mass is 127. The van der Waals surface area contributed by atoms with E-state index in [-0.39, 0.29) is 0 Å². The minimum Gasteiger partial charge on any atom is -0.378 e. The molecule has 0 aliphatic heterocycles. The molecule has 0 bridgehead atoms. The van der Waals surface area contributed by atoms with Crippen molar-refractivity contribution in [2.24, 2.45) is 0 Å². The topological polar surface area (TPSA) is 51.0 Å². The summed E-state index contributed by atoms with van der Waals surface area (Å²) >= 11 is 2.27. The van der Waals surface area contributed by atoms with Crippen molar-refractivity contribution in [3.63, 3.8) is 0 Å². The smallest absolute Gasteiger partial charge is 0.223 e. The van der Waals surface area contributed by atoms with E-state index in [1.807, 2.05) is 18.2 Å². The number of anilines is 1. The molecule has 0 aliphatic rings. The minimum absolute atomic E-state index is 0.581. The first-order chi connectivity index (χ1) is 7.24. The van der Waals surface area contributed by atoms with Gasteiger partial charge in [0.25, 0.3) is 0 Å². The Morgan fingerprint density at radius 2 is 2.33 bits per heavy atom. The largest absolute Gasteiger partial charge is 0.378 e. The highest BCUT2D eigenvalue weighted by molar-refractivity contribution is 14.1. The van der Waals surface area contributed by atoms with Crippen LogP contribution in [0.2, 0.25) is 0 Å². The Kier molecular flexibility index (Phi) is 3.20. The first-order valence-electron chi connectivity index (χ1n) is 4.52. The van der Waals surface area contributed by atoms with Gasteiger partial charge in [-0.05, 0) is 40.8 Å². The molecule has 5 heteroatoms. The minimum atomic E-state index is 0.581. The summed E-state index contributed by atoms with van der Waals surface area (Å²) in [6.45, 7) is 2.36. The summed E-state index contributed by atoms with van der Waals surface area (Å²) < 4.78 is 6.07. The lowest BCUT2D eigenvalue weighted by atomic mass is 10.3. The second-order valence-corrected chi connectivity index (χ2v) is 4.34. The number of hydrogen-bond donors (Lipinski definition) is 1. The molecule has 0 spiro atoms. The molecule has 0 amide bonds. The summed E-state index contributed by atoms with van der Waals surface area (Å²) in [5.74, 6) is 1.26. The van der Waals surface area contributed by atoms with Crippen LogP contribution in [-0.4, -0.2) is 10.1 Å². The third kappa shape index (κ3) is 2.92. The molecule has 0 atom stereocenters. The van der Waals surface area contributed by atoms with Crippen LogP contribution < -0.4 is 5.32 Å². The van der Waals surface area contributed by atoms with Crippen LogP contribution in [-0.2, 0) is 6.54 Å². The predicted octanol–water partition coefficient (Wildman–Crippen LogP) is 2.59. The van der Waals surface area contributed by atoms with Gasteiger partial charge in [0, 0.05) is 16.2 Å². The molecule has 0 unspecified atom stereocenters. The molecule has 15 heavy (non-hydrogen) atoms. The Hall–Kier alpha value is -1.11. The molecule has 4 nitrogen and oxygen atoms in total. The Balaban J connectivity index is 1.99. The second-order valence-electron chi connectivity index (χ2n) is 3.09. The molecule has 0 aliphatic carbocycles. The number of nitrogens with one attached hydrogen (secondary N) is 1. The SMILES string of the molecule is Cc1nc(CNc2cccc(I)c2)no1. The summed E-state index contributed by atoms with van der Waals surface area (Å²) in [6, 6.07) is 8.12. The quantitative estimate of drug-likeness (QED) is 0.885. The fourth-order valence-electron chi connectivity index (χ4n) is 1.19. The van der Waals surface area contributed by atoms with Gasteiger partial charge in [-0.15, -0.1) is 0 Å². The standard InChI is InChI=1S/C10H10IN3O/c1-7-13-10(14-15-7)6-12-9-4-2-3-8(11)5-9/h2-5,12H,6H2,1H3. The predicted molar refractivity (Wildman–Crippen MR) is 65.5 cm³/mol. The van der Waals surface area contributed by atoms with Crippen LogP contribution in [0.3, 0.4) is 0 Å². The van der Waals surface area contributed by atoms with Crippen LogP contribution in [0, 0.1) is 10.5 Å². The molecule has 1 aromatic carbocycles. The Labute approximate surface area is 101 Å². The van der Waals surface area contributed by atoms with Gasteiger partial charge in [-0.25, -0.2) is 0 Å². The monoisotopic (exact) mass is 315 g/mol. The molecule has 0 saturated heterocycles. The van der Waals surface area contributed by atoms with Crippen LogP contribution in [0.4, 0.5) is 5.69 Å². The summed E-state index contributed by atoms with van der Waals surface area (Å²) in [7, 11) is 0. The molecule has 0 fully saturated rings. The van der Waals surface area contributed by atoms with Crippen LogP contribution >= 0.6 is 22.6 Å². The van der Waals surface area contributed by atoms with E-state index in [4.69, 9.17) is 4.52 Å². The van der Waals surface area contributed by atoms with Gasteiger partial charge >= 0.3 is 0 Å². The van der Waals surface area contributed by atoms with Gasteiger partial charge in [0.1, 0.15) is 0 Å². The number of aromatic nitrogens is 2. The van der Waals surface area contributed by atoms with Crippen molar-refractivity contribution in [1.29, 1.82) is 0 Å². The zero-order chi connectivity index (χ0) is 10.7. The summed E-state index contributed by atoms with van der Waals surface area (Å²) in [6.07, 6.45) is 0. The van der Waals surface area contributed by atoms with Gasteiger partial charge in [0.15, 0.2) is 5.82 Å². The van der Waals surface area contributed by atoms with E-state index in [1.54, 1.807) is 6.92 Å².